The molecule has 0 spiro atoms. The molecule has 148 valence electrons. The van der Waals surface area contributed by atoms with Crippen molar-refractivity contribution in [1.82, 2.24) is 0 Å². The van der Waals surface area contributed by atoms with Crippen LogP contribution in [0, 0.1) is 5.82 Å². The molecule has 1 aromatic carbocycles. The monoisotopic (exact) mass is 376 g/mol. The average Bonchev–Trinajstić information content (AvgIpc) is 2.56. The lowest BCUT2D eigenvalue weighted by Gasteiger charge is -2.14. The van der Waals surface area contributed by atoms with Gasteiger partial charge in [-0.25, -0.2) is 9.18 Å². The molecule has 1 rings (SSSR count). The van der Waals surface area contributed by atoms with E-state index in [0.717, 1.165) is 19.3 Å². The van der Waals surface area contributed by atoms with Crippen molar-refractivity contribution in [2.45, 2.75) is 83.9 Å². The maximum Gasteiger partial charge on any atom is 0.416 e. The molecule has 0 aliphatic heterocycles. The van der Waals surface area contributed by atoms with E-state index in [4.69, 9.17) is 4.74 Å². The molecule has 0 aliphatic rings. The summed E-state index contributed by atoms with van der Waals surface area (Å²) in [6.07, 6.45) is 4.67. The highest BCUT2D eigenvalue weighted by molar-refractivity contribution is 5.90. The number of rotatable bonds is 11. The summed E-state index contributed by atoms with van der Waals surface area (Å²) in [5.74, 6) is -2.07. The first-order valence-electron chi connectivity index (χ1n) is 9.33. The fourth-order valence-corrected chi connectivity index (χ4v) is 2.73. The van der Waals surface area contributed by atoms with Gasteiger partial charge >= 0.3 is 12.1 Å². The number of carbonyl (C=O) groups excluding carboxylic acids is 1. The zero-order chi connectivity index (χ0) is 19.6. The summed E-state index contributed by atoms with van der Waals surface area (Å²) in [5.41, 5.74) is -1.75. The van der Waals surface area contributed by atoms with Gasteiger partial charge in [-0.2, -0.15) is 13.2 Å². The van der Waals surface area contributed by atoms with Crippen molar-refractivity contribution in [3.05, 3.63) is 35.1 Å². The van der Waals surface area contributed by atoms with E-state index >= 15 is 0 Å². The standard InChI is InChI=1S/C20H28F4O2/c1-3-4-5-6-7-8-9-10-11-15(2)26-19(25)17-14-16(20(22,23)24)12-13-18(17)21/h12-15H,3-11H2,1-2H3. The maximum atomic E-state index is 13.7. The smallest absolute Gasteiger partial charge is 0.416 e. The number of halogens is 4. The number of unbranched alkanes of at least 4 members (excludes halogenated alkanes) is 7. The average molecular weight is 376 g/mol. The summed E-state index contributed by atoms with van der Waals surface area (Å²) in [5, 5.41) is 0. The largest absolute Gasteiger partial charge is 0.459 e. The van der Waals surface area contributed by atoms with Crippen molar-refractivity contribution >= 4 is 5.97 Å². The number of ether oxygens (including phenoxy) is 1. The predicted octanol–water partition coefficient (Wildman–Crippen LogP) is 6.92. The van der Waals surface area contributed by atoms with E-state index in [9.17, 15) is 22.4 Å². The molecule has 1 atom stereocenters. The Labute approximate surface area is 152 Å². The van der Waals surface area contributed by atoms with Crippen LogP contribution in [0.5, 0.6) is 0 Å². The number of alkyl halides is 3. The van der Waals surface area contributed by atoms with Gasteiger partial charge in [-0.3, -0.25) is 0 Å². The van der Waals surface area contributed by atoms with Crippen LogP contribution in [0.2, 0.25) is 0 Å². The van der Waals surface area contributed by atoms with Crippen LogP contribution < -0.4 is 0 Å². The Morgan fingerprint density at radius 3 is 2.19 bits per heavy atom. The second-order valence-electron chi connectivity index (χ2n) is 6.67. The fourth-order valence-electron chi connectivity index (χ4n) is 2.73. The molecule has 0 aromatic heterocycles. The van der Waals surface area contributed by atoms with Gasteiger partial charge in [-0.1, -0.05) is 51.9 Å². The van der Waals surface area contributed by atoms with Crippen LogP contribution in [0.1, 0.15) is 87.6 Å². The van der Waals surface area contributed by atoms with E-state index in [1.54, 1.807) is 6.92 Å². The molecule has 0 N–H and O–H groups in total. The highest BCUT2D eigenvalue weighted by atomic mass is 19.4. The number of hydrogen-bond donors (Lipinski definition) is 0. The lowest BCUT2D eigenvalue weighted by molar-refractivity contribution is -0.137. The highest BCUT2D eigenvalue weighted by Gasteiger charge is 2.32. The van der Waals surface area contributed by atoms with Gasteiger partial charge in [0.1, 0.15) is 5.82 Å². The van der Waals surface area contributed by atoms with E-state index in [2.05, 4.69) is 6.92 Å². The topological polar surface area (TPSA) is 26.3 Å². The molecule has 2 nitrogen and oxygen atoms in total. The van der Waals surface area contributed by atoms with Gasteiger partial charge in [-0.15, -0.1) is 0 Å². The molecular weight excluding hydrogens is 348 g/mol. The zero-order valence-corrected chi connectivity index (χ0v) is 15.5. The molecule has 0 aliphatic carbocycles. The fraction of sp³-hybridized carbons (Fsp3) is 0.650. The minimum atomic E-state index is -4.63. The summed E-state index contributed by atoms with van der Waals surface area (Å²) in [6, 6.07) is 1.75. The Morgan fingerprint density at radius 1 is 1.04 bits per heavy atom. The molecule has 0 bridgehead atoms. The minimum absolute atomic E-state index is 0.462. The molecular formula is C20H28F4O2. The van der Waals surface area contributed by atoms with Crippen molar-refractivity contribution in [2.75, 3.05) is 0 Å². The van der Waals surface area contributed by atoms with Gasteiger partial charge in [0.15, 0.2) is 0 Å². The Kier molecular flexibility index (Phi) is 9.66. The molecule has 0 amide bonds. The number of carbonyl (C=O) groups is 1. The van der Waals surface area contributed by atoms with Crippen molar-refractivity contribution < 1.29 is 27.1 Å². The highest BCUT2D eigenvalue weighted by Crippen LogP contribution is 2.30. The zero-order valence-electron chi connectivity index (χ0n) is 15.5. The second-order valence-corrected chi connectivity index (χ2v) is 6.67. The van der Waals surface area contributed by atoms with Gasteiger partial charge in [0.25, 0.3) is 0 Å². The molecule has 0 saturated carbocycles. The molecule has 26 heavy (non-hydrogen) atoms. The summed E-state index contributed by atoms with van der Waals surface area (Å²) in [6.45, 7) is 3.85. The molecule has 0 saturated heterocycles. The quantitative estimate of drug-likeness (QED) is 0.238. The Hall–Kier alpha value is -1.59. The van der Waals surface area contributed by atoms with Crippen molar-refractivity contribution in [2.24, 2.45) is 0 Å². The maximum absolute atomic E-state index is 13.7. The molecule has 0 radical (unpaired) electrons. The Morgan fingerprint density at radius 2 is 1.62 bits per heavy atom. The van der Waals surface area contributed by atoms with Gasteiger partial charge in [0, 0.05) is 0 Å². The summed E-state index contributed by atoms with van der Waals surface area (Å²) in [4.78, 5) is 12.0. The summed E-state index contributed by atoms with van der Waals surface area (Å²) in [7, 11) is 0. The third-order valence-corrected chi connectivity index (χ3v) is 4.29. The Bertz CT molecular complexity index is 555. The van der Waals surface area contributed by atoms with E-state index in [0.29, 0.717) is 24.6 Å². The van der Waals surface area contributed by atoms with Crippen molar-refractivity contribution in [3.63, 3.8) is 0 Å². The van der Waals surface area contributed by atoms with Crippen LogP contribution in [-0.4, -0.2) is 12.1 Å². The third kappa shape index (κ3) is 8.19. The third-order valence-electron chi connectivity index (χ3n) is 4.29. The molecule has 6 heteroatoms. The normalized spacial score (nSPS) is 12.8. The molecule has 1 aromatic rings. The van der Waals surface area contributed by atoms with Crippen LogP contribution >= 0.6 is 0 Å². The van der Waals surface area contributed by atoms with Gasteiger partial charge in [-0.05, 0) is 38.0 Å². The van der Waals surface area contributed by atoms with E-state index in [-0.39, 0.29) is 0 Å². The Balaban J connectivity index is 2.38. The summed E-state index contributed by atoms with van der Waals surface area (Å²) >= 11 is 0. The van der Waals surface area contributed by atoms with Crippen LogP contribution in [0.25, 0.3) is 0 Å². The molecule has 0 heterocycles. The first-order valence-corrected chi connectivity index (χ1v) is 9.33. The number of hydrogen-bond acceptors (Lipinski definition) is 2. The van der Waals surface area contributed by atoms with Crippen LogP contribution in [0.3, 0.4) is 0 Å². The predicted molar refractivity (Wildman–Crippen MR) is 93.5 cm³/mol. The van der Waals surface area contributed by atoms with Crippen molar-refractivity contribution in [3.8, 4) is 0 Å². The van der Waals surface area contributed by atoms with Crippen LogP contribution in [-0.2, 0) is 10.9 Å². The second kappa shape index (κ2) is 11.2. The minimum Gasteiger partial charge on any atom is -0.459 e. The number of esters is 1. The number of benzene rings is 1. The van der Waals surface area contributed by atoms with Gasteiger partial charge in [0.05, 0.1) is 17.2 Å². The van der Waals surface area contributed by atoms with E-state index in [1.807, 2.05) is 0 Å². The van der Waals surface area contributed by atoms with Gasteiger partial charge in [0.2, 0.25) is 0 Å². The molecule has 1 unspecified atom stereocenters. The lowest BCUT2D eigenvalue weighted by atomic mass is 10.1. The van der Waals surface area contributed by atoms with Crippen molar-refractivity contribution in [1.29, 1.82) is 0 Å². The summed E-state index contributed by atoms with van der Waals surface area (Å²) < 4.78 is 56.8. The van der Waals surface area contributed by atoms with Crippen LogP contribution in [0.15, 0.2) is 18.2 Å². The van der Waals surface area contributed by atoms with Gasteiger partial charge < -0.3 is 4.74 Å². The lowest BCUT2D eigenvalue weighted by Crippen LogP contribution is -2.17. The van der Waals surface area contributed by atoms with E-state index in [1.165, 1.54) is 32.1 Å². The van der Waals surface area contributed by atoms with E-state index < -0.39 is 35.2 Å². The van der Waals surface area contributed by atoms with Crippen LogP contribution in [0.4, 0.5) is 17.6 Å². The SMILES string of the molecule is CCCCCCCCCCC(C)OC(=O)c1cc(C(F)(F)F)ccc1F. The first-order chi connectivity index (χ1) is 12.3. The molecule has 0 fully saturated rings. The first kappa shape index (κ1) is 22.5.